The molecular formula is C25H17N5O4S. The molecule has 0 fully saturated rings. The van der Waals surface area contributed by atoms with Gasteiger partial charge in [-0.15, -0.1) is 11.3 Å². The number of benzene rings is 2. The van der Waals surface area contributed by atoms with Crippen LogP contribution in [0.5, 0.6) is 0 Å². The second-order valence-electron chi connectivity index (χ2n) is 7.99. The minimum atomic E-state index is -0.583. The molecule has 0 atom stereocenters. The summed E-state index contributed by atoms with van der Waals surface area (Å²) >= 11 is 1.42. The minimum Gasteiger partial charge on any atom is -0.448 e. The summed E-state index contributed by atoms with van der Waals surface area (Å²) in [6, 6.07) is 16.8. The van der Waals surface area contributed by atoms with E-state index in [0.29, 0.717) is 21.3 Å². The van der Waals surface area contributed by atoms with Gasteiger partial charge in [0.2, 0.25) is 5.58 Å². The van der Waals surface area contributed by atoms with E-state index < -0.39 is 17.0 Å². The Morgan fingerprint density at radius 3 is 2.60 bits per heavy atom. The van der Waals surface area contributed by atoms with Gasteiger partial charge in [-0.1, -0.05) is 42.5 Å². The summed E-state index contributed by atoms with van der Waals surface area (Å²) < 4.78 is 7.84. The number of aromatic nitrogens is 4. The van der Waals surface area contributed by atoms with Crippen LogP contribution in [0.1, 0.15) is 4.88 Å². The maximum Gasteiger partial charge on any atom is 0.297 e. The molecule has 4 heterocycles. The van der Waals surface area contributed by atoms with Crippen molar-refractivity contribution in [2.75, 3.05) is 5.43 Å². The number of thiophene rings is 1. The van der Waals surface area contributed by atoms with Gasteiger partial charge in [0.15, 0.2) is 0 Å². The standard InChI is InChI=1S/C25H17N5O4S/c1-14-19(15-7-3-2-4-8-15)20-23(35-14)27-13-30(24(20)32)28-18(31)11-29-12-26-21-16-9-5-6-10-17(16)34-22(21)25(29)33/h2-10,12-13H,11H2,1H3,(H,28,31). The Morgan fingerprint density at radius 2 is 1.77 bits per heavy atom. The lowest BCUT2D eigenvalue weighted by molar-refractivity contribution is -0.117. The van der Waals surface area contributed by atoms with Crippen LogP contribution >= 0.6 is 11.3 Å². The fraction of sp³-hybridized carbons (Fsp3) is 0.0800. The molecule has 0 aliphatic carbocycles. The second-order valence-corrected chi connectivity index (χ2v) is 9.19. The summed E-state index contributed by atoms with van der Waals surface area (Å²) in [5, 5.41) is 1.16. The highest BCUT2D eigenvalue weighted by Gasteiger charge is 2.18. The third kappa shape index (κ3) is 3.42. The van der Waals surface area contributed by atoms with Crippen molar-refractivity contribution in [3.63, 3.8) is 0 Å². The van der Waals surface area contributed by atoms with Gasteiger partial charge >= 0.3 is 0 Å². The molecule has 4 aromatic heterocycles. The maximum absolute atomic E-state index is 13.3. The first kappa shape index (κ1) is 21.0. The minimum absolute atomic E-state index is 0.0722. The van der Waals surface area contributed by atoms with Crippen LogP contribution in [0.25, 0.3) is 43.4 Å². The van der Waals surface area contributed by atoms with Gasteiger partial charge < -0.3 is 4.42 Å². The fourth-order valence-electron chi connectivity index (χ4n) is 4.19. The zero-order chi connectivity index (χ0) is 24.1. The van der Waals surface area contributed by atoms with E-state index in [1.807, 2.05) is 49.4 Å². The Labute approximate surface area is 200 Å². The molecule has 9 nitrogen and oxygen atoms in total. The third-order valence-electron chi connectivity index (χ3n) is 5.76. The number of aryl methyl sites for hydroxylation is 1. The van der Waals surface area contributed by atoms with Gasteiger partial charge in [0.25, 0.3) is 17.0 Å². The van der Waals surface area contributed by atoms with Crippen LogP contribution in [0, 0.1) is 6.92 Å². The molecule has 1 N–H and O–H groups in total. The predicted octanol–water partition coefficient (Wildman–Crippen LogP) is 3.66. The number of furan rings is 1. The average Bonchev–Trinajstić information content (AvgIpc) is 3.41. The zero-order valence-electron chi connectivity index (χ0n) is 18.4. The summed E-state index contributed by atoms with van der Waals surface area (Å²) in [5.41, 5.74) is 4.39. The van der Waals surface area contributed by atoms with E-state index in [0.717, 1.165) is 30.6 Å². The van der Waals surface area contributed by atoms with Crippen molar-refractivity contribution in [1.29, 1.82) is 0 Å². The number of carbonyl (C=O) groups is 1. The van der Waals surface area contributed by atoms with E-state index in [1.54, 1.807) is 12.1 Å². The number of nitrogens with zero attached hydrogens (tertiary/aromatic N) is 4. The summed E-state index contributed by atoms with van der Waals surface area (Å²) in [7, 11) is 0. The van der Waals surface area contributed by atoms with Crippen LogP contribution in [0.4, 0.5) is 0 Å². The van der Waals surface area contributed by atoms with Crippen LogP contribution in [-0.2, 0) is 11.3 Å². The molecule has 172 valence electrons. The molecule has 2 aromatic carbocycles. The van der Waals surface area contributed by atoms with Gasteiger partial charge in [0, 0.05) is 15.8 Å². The smallest absolute Gasteiger partial charge is 0.297 e. The first-order chi connectivity index (χ1) is 17.0. The van der Waals surface area contributed by atoms with Crippen LogP contribution in [0.3, 0.4) is 0 Å². The van der Waals surface area contributed by atoms with E-state index in [4.69, 9.17) is 4.42 Å². The van der Waals surface area contributed by atoms with Crippen LogP contribution in [0.2, 0.25) is 0 Å². The van der Waals surface area contributed by atoms with Crippen molar-refractivity contribution in [2.24, 2.45) is 0 Å². The quantitative estimate of drug-likeness (QED) is 0.410. The number of nitrogens with one attached hydrogen (secondary N) is 1. The number of fused-ring (bicyclic) bond motifs is 4. The lowest BCUT2D eigenvalue weighted by atomic mass is 10.0. The lowest BCUT2D eigenvalue weighted by Gasteiger charge is -2.09. The van der Waals surface area contributed by atoms with E-state index in [9.17, 15) is 14.4 Å². The van der Waals surface area contributed by atoms with Crippen LogP contribution < -0.4 is 16.5 Å². The zero-order valence-corrected chi connectivity index (χ0v) is 19.2. The van der Waals surface area contributed by atoms with Crippen molar-refractivity contribution in [2.45, 2.75) is 13.5 Å². The molecule has 0 unspecified atom stereocenters. The highest BCUT2D eigenvalue weighted by atomic mass is 32.1. The van der Waals surface area contributed by atoms with Crippen molar-refractivity contribution in [3.05, 3.63) is 92.8 Å². The van der Waals surface area contributed by atoms with E-state index in [-0.39, 0.29) is 12.1 Å². The number of carbonyl (C=O) groups excluding carboxylic acids is 1. The Balaban J connectivity index is 1.34. The van der Waals surface area contributed by atoms with Gasteiger partial charge in [-0.2, -0.15) is 0 Å². The van der Waals surface area contributed by atoms with Crippen LogP contribution in [-0.4, -0.2) is 25.1 Å². The second kappa shape index (κ2) is 8.03. The number of hydrogen-bond acceptors (Lipinski definition) is 7. The van der Waals surface area contributed by atoms with E-state index in [1.165, 1.54) is 24.0 Å². The van der Waals surface area contributed by atoms with Crippen molar-refractivity contribution < 1.29 is 9.21 Å². The van der Waals surface area contributed by atoms with Crippen LogP contribution in [0.15, 0.2) is 81.3 Å². The Bertz CT molecular complexity index is 1880. The van der Waals surface area contributed by atoms with Gasteiger partial charge in [-0.05, 0) is 24.6 Å². The number of para-hydroxylation sites is 1. The van der Waals surface area contributed by atoms with Crippen molar-refractivity contribution in [3.8, 4) is 11.1 Å². The lowest BCUT2D eigenvalue weighted by Crippen LogP contribution is -2.36. The summed E-state index contributed by atoms with van der Waals surface area (Å²) in [4.78, 5) is 49.2. The van der Waals surface area contributed by atoms with Gasteiger partial charge in [0.05, 0.1) is 11.7 Å². The van der Waals surface area contributed by atoms with Gasteiger partial charge in [0.1, 0.15) is 28.8 Å². The normalized spacial score (nSPS) is 11.5. The molecule has 1 amide bonds. The largest absolute Gasteiger partial charge is 0.448 e. The molecule has 0 aliphatic heterocycles. The molecule has 10 heteroatoms. The molecule has 6 aromatic rings. The SMILES string of the molecule is Cc1sc2ncn(NC(=O)Cn3cnc4c(oc5ccccc54)c3=O)c(=O)c2c1-c1ccccc1. The third-order valence-corrected chi connectivity index (χ3v) is 6.77. The monoisotopic (exact) mass is 483 g/mol. The summed E-state index contributed by atoms with van der Waals surface area (Å²) in [6.45, 7) is 1.59. The first-order valence-corrected chi connectivity index (χ1v) is 11.6. The van der Waals surface area contributed by atoms with Crippen molar-refractivity contribution in [1.82, 2.24) is 19.2 Å². The number of amides is 1. The Morgan fingerprint density at radius 1 is 1.00 bits per heavy atom. The molecular weight excluding hydrogens is 466 g/mol. The van der Waals surface area contributed by atoms with Gasteiger partial charge in [-0.25, -0.2) is 14.6 Å². The van der Waals surface area contributed by atoms with Gasteiger partial charge in [-0.3, -0.25) is 24.4 Å². The molecule has 0 spiro atoms. The maximum atomic E-state index is 13.3. The Hall–Kier alpha value is -4.57. The fourth-order valence-corrected chi connectivity index (χ4v) is 5.19. The molecule has 0 radical (unpaired) electrons. The summed E-state index contributed by atoms with van der Waals surface area (Å²) in [5.74, 6) is -0.583. The number of rotatable bonds is 4. The highest BCUT2D eigenvalue weighted by molar-refractivity contribution is 7.19. The molecule has 0 aliphatic rings. The van der Waals surface area contributed by atoms with E-state index in [2.05, 4.69) is 15.4 Å². The highest BCUT2D eigenvalue weighted by Crippen LogP contribution is 2.35. The Kier molecular flexibility index (Phi) is 4.82. The average molecular weight is 484 g/mol. The topological polar surface area (TPSA) is 112 Å². The van der Waals surface area contributed by atoms with E-state index >= 15 is 0 Å². The number of hydrogen-bond donors (Lipinski definition) is 1. The molecule has 0 saturated heterocycles. The summed E-state index contributed by atoms with van der Waals surface area (Å²) in [6.07, 6.45) is 2.57. The molecule has 35 heavy (non-hydrogen) atoms. The first-order valence-electron chi connectivity index (χ1n) is 10.7. The molecule has 0 bridgehead atoms. The molecule has 6 rings (SSSR count). The predicted molar refractivity (Wildman–Crippen MR) is 134 cm³/mol. The molecule has 0 saturated carbocycles. The van der Waals surface area contributed by atoms with Crippen molar-refractivity contribution >= 4 is 49.5 Å².